The van der Waals surface area contributed by atoms with Crippen LogP contribution in [0.1, 0.15) is 31.7 Å². The Morgan fingerprint density at radius 3 is 2.94 bits per heavy atom. The molecule has 0 unspecified atom stereocenters. The third kappa shape index (κ3) is 4.95. The van der Waals surface area contributed by atoms with Gasteiger partial charge in [0, 0.05) is 23.6 Å². The Morgan fingerprint density at radius 1 is 1.39 bits per heavy atom. The van der Waals surface area contributed by atoms with Gasteiger partial charge in [-0.15, -0.1) is 0 Å². The van der Waals surface area contributed by atoms with Crippen LogP contribution in [0.4, 0.5) is 0 Å². The number of nitrogens with one attached hydrogen (secondary N) is 1. The lowest BCUT2D eigenvalue weighted by atomic mass is 10.2. The number of ether oxygens (including phenoxy) is 1. The normalized spacial score (nSPS) is 10.1. The zero-order valence-corrected chi connectivity index (χ0v) is 11.5. The van der Waals surface area contributed by atoms with E-state index in [4.69, 9.17) is 21.6 Å². The standard InChI is InChI=1S/C14H19ClN2O/c1-2-17-11-12-13(15)7-6-8-14(12)18-10-5-3-4-9-16/h6-8,17H,2-5,10-11H2,1H3. The van der Waals surface area contributed by atoms with E-state index in [9.17, 15) is 0 Å². The molecule has 3 nitrogen and oxygen atoms in total. The smallest absolute Gasteiger partial charge is 0.125 e. The van der Waals surface area contributed by atoms with Crippen molar-refractivity contribution in [1.29, 1.82) is 5.26 Å². The molecule has 0 saturated carbocycles. The molecule has 0 aliphatic rings. The van der Waals surface area contributed by atoms with Crippen molar-refractivity contribution in [2.75, 3.05) is 13.2 Å². The van der Waals surface area contributed by atoms with E-state index in [-0.39, 0.29) is 0 Å². The Balaban J connectivity index is 2.53. The van der Waals surface area contributed by atoms with Crippen molar-refractivity contribution < 1.29 is 4.74 Å². The molecule has 0 fully saturated rings. The van der Waals surface area contributed by atoms with Gasteiger partial charge in [0.1, 0.15) is 5.75 Å². The monoisotopic (exact) mass is 266 g/mol. The van der Waals surface area contributed by atoms with Crippen LogP contribution in [0.2, 0.25) is 5.02 Å². The maximum absolute atomic E-state index is 8.44. The second-order valence-corrected chi connectivity index (χ2v) is 4.37. The molecule has 1 N–H and O–H groups in total. The highest BCUT2D eigenvalue weighted by atomic mass is 35.5. The van der Waals surface area contributed by atoms with Crippen LogP contribution in [0.5, 0.6) is 5.75 Å². The molecule has 1 aromatic carbocycles. The summed E-state index contributed by atoms with van der Waals surface area (Å²) in [7, 11) is 0. The second-order valence-electron chi connectivity index (χ2n) is 3.96. The van der Waals surface area contributed by atoms with Gasteiger partial charge in [0.2, 0.25) is 0 Å². The number of hydrogen-bond donors (Lipinski definition) is 1. The molecule has 0 radical (unpaired) electrons. The molecule has 1 rings (SSSR count). The number of benzene rings is 1. The predicted molar refractivity (Wildman–Crippen MR) is 73.8 cm³/mol. The maximum atomic E-state index is 8.44. The van der Waals surface area contributed by atoms with Gasteiger partial charge in [0.15, 0.2) is 0 Å². The van der Waals surface area contributed by atoms with Crippen molar-refractivity contribution in [2.45, 2.75) is 32.7 Å². The summed E-state index contributed by atoms with van der Waals surface area (Å²) in [6.07, 6.45) is 2.35. The fraction of sp³-hybridized carbons (Fsp3) is 0.500. The van der Waals surface area contributed by atoms with Gasteiger partial charge in [-0.1, -0.05) is 24.6 Å². The molecule has 1 aromatic rings. The minimum atomic E-state index is 0.586. The molecule has 18 heavy (non-hydrogen) atoms. The van der Waals surface area contributed by atoms with Gasteiger partial charge in [0.05, 0.1) is 12.7 Å². The van der Waals surface area contributed by atoms with Gasteiger partial charge >= 0.3 is 0 Å². The minimum Gasteiger partial charge on any atom is -0.493 e. The first-order chi connectivity index (χ1) is 8.79. The average molecular weight is 267 g/mol. The Labute approximate surface area is 114 Å². The van der Waals surface area contributed by atoms with E-state index in [0.29, 0.717) is 19.6 Å². The van der Waals surface area contributed by atoms with E-state index in [1.807, 2.05) is 18.2 Å². The first-order valence-corrected chi connectivity index (χ1v) is 6.65. The lowest BCUT2D eigenvalue weighted by Gasteiger charge is -2.13. The van der Waals surface area contributed by atoms with Crippen molar-refractivity contribution >= 4 is 11.6 Å². The van der Waals surface area contributed by atoms with Crippen molar-refractivity contribution in [3.8, 4) is 11.8 Å². The van der Waals surface area contributed by atoms with Crippen LogP contribution >= 0.6 is 11.6 Å². The first-order valence-electron chi connectivity index (χ1n) is 6.27. The van der Waals surface area contributed by atoms with Crippen molar-refractivity contribution in [3.63, 3.8) is 0 Å². The van der Waals surface area contributed by atoms with Crippen molar-refractivity contribution in [3.05, 3.63) is 28.8 Å². The molecule has 0 spiro atoms. The summed E-state index contributed by atoms with van der Waals surface area (Å²) in [4.78, 5) is 0. The molecule has 0 aliphatic carbocycles. The van der Waals surface area contributed by atoms with E-state index in [1.165, 1.54) is 0 Å². The number of nitrogens with zero attached hydrogens (tertiary/aromatic N) is 1. The fourth-order valence-electron chi connectivity index (χ4n) is 1.58. The average Bonchev–Trinajstić information content (AvgIpc) is 2.38. The highest BCUT2D eigenvalue weighted by Gasteiger charge is 2.07. The lowest BCUT2D eigenvalue weighted by Crippen LogP contribution is -2.13. The van der Waals surface area contributed by atoms with Gasteiger partial charge in [-0.25, -0.2) is 0 Å². The Bertz CT molecular complexity index is 401. The molecule has 0 heterocycles. The molecule has 4 heteroatoms. The van der Waals surface area contributed by atoms with Gasteiger partial charge in [-0.3, -0.25) is 0 Å². The molecule has 98 valence electrons. The van der Waals surface area contributed by atoms with Gasteiger partial charge < -0.3 is 10.1 Å². The quantitative estimate of drug-likeness (QED) is 0.732. The van der Waals surface area contributed by atoms with Gasteiger partial charge in [0.25, 0.3) is 0 Å². The summed E-state index contributed by atoms with van der Waals surface area (Å²) in [6.45, 7) is 4.29. The summed E-state index contributed by atoms with van der Waals surface area (Å²) in [5, 5.41) is 12.4. The van der Waals surface area contributed by atoms with E-state index in [0.717, 1.165) is 35.7 Å². The summed E-state index contributed by atoms with van der Waals surface area (Å²) in [5.74, 6) is 0.834. The molecular formula is C14H19ClN2O. The minimum absolute atomic E-state index is 0.586. The molecule has 0 bridgehead atoms. The Kier molecular flexibility index (Phi) is 7.24. The first kappa shape index (κ1) is 14.8. The number of hydrogen-bond acceptors (Lipinski definition) is 3. The van der Waals surface area contributed by atoms with E-state index < -0.39 is 0 Å². The van der Waals surface area contributed by atoms with E-state index in [2.05, 4.69) is 18.3 Å². The number of halogens is 1. The SMILES string of the molecule is CCNCc1c(Cl)cccc1OCCCCC#N. The molecule has 0 amide bonds. The fourth-order valence-corrected chi connectivity index (χ4v) is 1.82. The van der Waals surface area contributed by atoms with Crippen LogP contribution in [0.3, 0.4) is 0 Å². The summed E-state index contributed by atoms with van der Waals surface area (Å²) < 4.78 is 5.73. The van der Waals surface area contributed by atoms with Crippen molar-refractivity contribution in [1.82, 2.24) is 5.32 Å². The zero-order chi connectivity index (χ0) is 13.2. The third-order valence-corrected chi connectivity index (χ3v) is 2.92. The maximum Gasteiger partial charge on any atom is 0.125 e. The van der Waals surface area contributed by atoms with Crippen LogP contribution in [0, 0.1) is 11.3 Å². The number of nitriles is 1. The Morgan fingerprint density at radius 2 is 2.22 bits per heavy atom. The van der Waals surface area contributed by atoms with Crippen LogP contribution in [-0.4, -0.2) is 13.2 Å². The van der Waals surface area contributed by atoms with E-state index in [1.54, 1.807) is 0 Å². The highest BCUT2D eigenvalue weighted by molar-refractivity contribution is 6.31. The van der Waals surface area contributed by atoms with E-state index >= 15 is 0 Å². The highest BCUT2D eigenvalue weighted by Crippen LogP contribution is 2.26. The zero-order valence-electron chi connectivity index (χ0n) is 10.7. The number of rotatable bonds is 8. The third-order valence-electron chi connectivity index (χ3n) is 2.57. The summed E-state index contributed by atoms with van der Waals surface area (Å²) in [5.41, 5.74) is 1.00. The van der Waals surface area contributed by atoms with Crippen LogP contribution < -0.4 is 10.1 Å². The lowest BCUT2D eigenvalue weighted by molar-refractivity contribution is 0.304. The van der Waals surface area contributed by atoms with Crippen LogP contribution in [-0.2, 0) is 6.54 Å². The summed E-state index contributed by atoms with van der Waals surface area (Å²) in [6, 6.07) is 7.82. The second kappa shape index (κ2) is 8.79. The van der Waals surface area contributed by atoms with Crippen molar-refractivity contribution in [2.24, 2.45) is 0 Å². The molecule has 0 saturated heterocycles. The van der Waals surface area contributed by atoms with Crippen LogP contribution in [0.25, 0.3) is 0 Å². The predicted octanol–water partition coefficient (Wildman–Crippen LogP) is 3.52. The number of unbranched alkanes of at least 4 members (excludes halogenated alkanes) is 2. The molecular weight excluding hydrogens is 248 g/mol. The van der Waals surface area contributed by atoms with Crippen LogP contribution in [0.15, 0.2) is 18.2 Å². The Hall–Kier alpha value is -1.24. The van der Waals surface area contributed by atoms with Gasteiger partial charge in [-0.05, 0) is 31.5 Å². The summed E-state index contributed by atoms with van der Waals surface area (Å²) >= 11 is 6.16. The molecule has 0 aliphatic heterocycles. The van der Waals surface area contributed by atoms with Gasteiger partial charge in [-0.2, -0.15) is 5.26 Å². The largest absolute Gasteiger partial charge is 0.493 e. The molecule has 0 atom stereocenters. The topological polar surface area (TPSA) is 45.0 Å². The molecule has 0 aromatic heterocycles.